The number of fused-ring (bicyclic) bond motifs is 1. The van der Waals surface area contributed by atoms with Gasteiger partial charge in [-0.25, -0.2) is 4.98 Å². The molecule has 0 atom stereocenters. The lowest BCUT2D eigenvalue weighted by atomic mass is 10.2. The molecule has 1 fully saturated rings. The minimum absolute atomic E-state index is 0.107. The van der Waals surface area contributed by atoms with Crippen LogP contribution in [0.2, 0.25) is 5.02 Å². The summed E-state index contributed by atoms with van der Waals surface area (Å²) in [6.07, 6.45) is 2.44. The van der Waals surface area contributed by atoms with E-state index in [9.17, 15) is 4.79 Å². The van der Waals surface area contributed by atoms with Gasteiger partial charge in [0, 0.05) is 32.4 Å². The second-order valence-electron chi connectivity index (χ2n) is 5.55. The fraction of sp³-hybridized carbons (Fsp3) is 0.500. The van der Waals surface area contributed by atoms with Crippen molar-refractivity contribution in [2.24, 2.45) is 0 Å². The van der Waals surface area contributed by atoms with Crippen molar-refractivity contribution < 1.29 is 9.53 Å². The lowest BCUT2D eigenvalue weighted by Gasteiger charge is -2.26. The van der Waals surface area contributed by atoms with Crippen LogP contribution in [0.15, 0.2) is 18.3 Å². The molecule has 7 heteroatoms. The number of aryl methyl sites for hydroxylation is 1. The number of hydrogen-bond acceptors (Lipinski definition) is 4. The predicted octanol–water partition coefficient (Wildman–Crippen LogP) is 1.61. The normalized spacial score (nSPS) is 15.9. The topological polar surface area (TPSA) is 58.9 Å². The molecule has 1 saturated heterocycles. The van der Waals surface area contributed by atoms with Gasteiger partial charge in [0.25, 0.3) is 5.91 Å². The summed E-state index contributed by atoms with van der Waals surface area (Å²) in [6, 6.07) is 3.61. The maximum atomic E-state index is 12.6. The molecule has 1 N–H and O–H groups in total. The van der Waals surface area contributed by atoms with Crippen molar-refractivity contribution in [1.29, 1.82) is 0 Å². The van der Waals surface area contributed by atoms with Gasteiger partial charge in [0.05, 0.1) is 23.9 Å². The molecular formula is C16H21ClN4O2. The zero-order valence-electron chi connectivity index (χ0n) is 13.2. The van der Waals surface area contributed by atoms with Crippen molar-refractivity contribution in [3.8, 4) is 0 Å². The van der Waals surface area contributed by atoms with Gasteiger partial charge in [-0.05, 0) is 18.6 Å². The molecule has 0 radical (unpaired) electrons. The van der Waals surface area contributed by atoms with Crippen LogP contribution < -0.4 is 5.32 Å². The minimum Gasteiger partial charge on any atom is -0.379 e. The highest BCUT2D eigenvalue weighted by atomic mass is 35.5. The molecule has 6 nitrogen and oxygen atoms in total. The van der Waals surface area contributed by atoms with E-state index in [2.05, 4.69) is 15.2 Å². The minimum atomic E-state index is -0.107. The monoisotopic (exact) mass is 336 g/mol. The van der Waals surface area contributed by atoms with Gasteiger partial charge in [0.2, 0.25) is 0 Å². The van der Waals surface area contributed by atoms with Gasteiger partial charge < -0.3 is 10.1 Å². The van der Waals surface area contributed by atoms with Crippen molar-refractivity contribution in [1.82, 2.24) is 19.6 Å². The maximum absolute atomic E-state index is 12.6. The molecule has 0 unspecified atom stereocenters. The second-order valence-corrected chi connectivity index (χ2v) is 5.98. The Morgan fingerprint density at radius 3 is 2.91 bits per heavy atom. The zero-order valence-corrected chi connectivity index (χ0v) is 14.0. The lowest BCUT2D eigenvalue weighted by molar-refractivity contribution is 0.0383. The van der Waals surface area contributed by atoms with E-state index in [0.717, 1.165) is 44.2 Å². The summed E-state index contributed by atoms with van der Waals surface area (Å²) in [5, 5.41) is 3.58. The van der Waals surface area contributed by atoms with Crippen molar-refractivity contribution >= 4 is 23.2 Å². The van der Waals surface area contributed by atoms with Crippen LogP contribution in [-0.4, -0.2) is 59.6 Å². The number of pyridine rings is 1. The lowest BCUT2D eigenvalue weighted by Crippen LogP contribution is -2.41. The number of carbonyl (C=O) groups excluding carboxylic acids is 1. The first kappa shape index (κ1) is 16.2. The first-order valence-corrected chi connectivity index (χ1v) is 8.31. The molecule has 2 aromatic rings. The average molecular weight is 337 g/mol. The SMILES string of the molecule is CCc1nc2ccc(Cl)cn2c1C(=O)NCCN1CCOCC1. The Bertz CT molecular complexity index is 695. The molecule has 1 aliphatic heterocycles. The molecule has 3 rings (SSSR count). The van der Waals surface area contributed by atoms with Crippen molar-refractivity contribution in [2.75, 3.05) is 39.4 Å². The Hall–Kier alpha value is -1.63. The number of carbonyl (C=O) groups is 1. The first-order chi connectivity index (χ1) is 11.2. The highest BCUT2D eigenvalue weighted by Crippen LogP contribution is 2.17. The molecule has 3 heterocycles. The second kappa shape index (κ2) is 7.29. The van der Waals surface area contributed by atoms with Crippen LogP contribution in [0, 0.1) is 0 Å². The number of halogens is 1. The van der Waals surface area contributed by atoms with Gasteiger partial charge in [-0.15, -0.1) is 0 Å². The molecule has 124 valence electrons. The van der Waals surface area contributed by atoms with Gasteiger partial charge in [-0.3, -0.25) is 14.1 Å². The van der Waals surface area contributed by atoms with Crippen LogP contribution in [-0.2, 0) is 11.2 Å². The summed E-state index contributed by atoms with van der Waals surface area (Å²) < 4.78 is 7.09. The molecule has 0 saturated carbocycles. The fourth-order valence-corrected chi connectivity index (χ4v) is 2.95. The number of hydrogen-bond donors (Lipinski definition) is 1. The van der Waals surface area contributed by atoms with Gasteiger partial charge in [0.1, 0.15) is 11.3 Å². The number of aromatic nitrogens is 2. The molecule has 2 aromatic heterocycles. The third-order valence-corrected chi connectivity index (χ3v) is 4.25. The number of imidazole rings is 1. The van der Waals surface area contributed by atoms with E-state index in [4.69, 9.17) is 16.3 Å². The van der Waals surface area contributed by atoms with E-state index in [1.807, 2.05) is 13.0 Å². The summed E-state index contributed by atoms with van der Waals surface area (Å²) in [5.41, 5.74) is 2.10. The summed E-state index contributed by atoms with van der Waals surface area (Å²) in [6.45, 7) is 6.79. The van der Waals surface area contributed by atoms with E-state index < -0.39 is 0 Å². The zero-order chi connectivity index (χ0) is 16.2. The average Bonchev–Trinajstić information content (AvgIpc) is 2.93. The maximum Gasteiger partial charge on any atom is 0.270 e. The highest BCUT2D eigenvalue weighted by molar-refractivity contribution is 6.30. The van der Waals surface area contributed by atoms with Gasteiger partial charge in [0.15, 0.2) is 0 Å². The Morgan fingerprint density at radius 2 is 2.17 bits per heavy atom. The van der Waals surface area contributed by atoms with E-state index >= 15 is 0 Å². The highest BCUT2D eigenvalue weighted by Gasteiger charge is 2.18. The summed E-state index contributed by atoms with van der Waals surface area (Å²) in [7, 11) is 0. The van der Waals surface area contributed by atoms with Crippen molar-refractivity contribution in [2.45, 2.75) is 13.3 Å². The summed E-state index contributed by atoms with van der Waals surface area (Å²) >= 11 is 6.05. The van der Waals surface area contributed by atoms with E-state index in [0.29, 0.717) is 23.7 Å². The molecular weight excluding hydrogens is 316 g/mol. The molecule has 0 aromatic carbocycles. The quantitative estimate of drug-likeness (QED) is 0.901. The standard InChI is InChI=1S/C16H21ClN4O2/c1-2-13-15(21-11-12(17)3-4-14(21)19-13)16(22)18-5-6-20-7-9-23-10-8-20/h3-4,11H,2,5-10H2,1H3,(H,18,22). The van der Waals surface area contributed by atoms with Crippen molar-refractivity contribution in [3.63, 3.8) is 0 Å². The van der Waals surface area contributed by atoms with Crippen LogP contribution in [0.4, 0.5) is 0 Å². The van der Waals surface area contributed by atoms with E-state index in [1.165, 1.54) is 0 Å². The van der Waals surface area contributed by atoms with Crippen LogP contribution in [0.25, 0.3) is 5.65 Å². The van der Waals surface area contributed by atoms with Gasteiger partial charge in [-0.1, -0.05) is 18.5 Å². The Morgan fingerprint density at radius 1 is 1.39 bits per heavy atom. The molecule has 0 aliphatic carbocycles. The van der Waals surface area contributed by atoms with E-state index in [-0.39, 0.29) is 5.91 Å². The van der Waals surface area contributed by atoms with Crippen LogP contribution in [0.5, 0.6) is 0 Å². The molecule has 0 spiro atoms. The third-order valence-electron chi connectivity index (χ3n) is 4.02. The first-order valence-electron chi connectivity index (χ1n) is 7.94. The fourth-order valence-electron chi connectivity index (χ4n) is 2.79. The molecule has 0 bridgehead atoms. The van der Waals surface area contributed by atoms with E-state index in [1.54, 1.807) is 16.7 Å². The van der Waals surface area contributed by atoms with Crippen LogP contribution in [0.1, 0.15) is 23.1 Å². The van der Waals surface area contributed by atoms with Gasteiger partial charge in [-0.2, -0.15) is 0 Å². The number of ether oxygens (including phenoxy) is 1. The molecule has 1 aliphatic rings. The number of nitrogens with one attached hydrogen (secondary N) is 1. The van der Waals surface area contributed by atoms with Crippen molar-refractivity contribution in [3.05, 3.63) is 34.7 Å². The largest absolute Gasteiger partial charge is 0.379 e. The summed E-state index contributed by atoms with van der Waals surface area (Å²) in [4.78, 5) is 19.4. The Kier molecular flexibility index (Phi) is 5.15. The Balaban J connectivity index is 1.70. The number of rotatable bonds is 5. The van der Waals surface area contributed by atoms with Crippen LogP contribution in [0.3, 0.4) is 0 Å². The molecule has 1 amide bonds. The third kappa shape index (κ3) is 3.65. The number of morpholine rings is 1. The Labute approximate surface area is 140 Å². The predicted molar refractivity (Wildman–Crippen MR) is 89.2 cm³/mol. The van der Waals surface area contributed by atoms with Crippen LogP contribution >= 0.6 is 11.6 Å². The summed E-state index contributed by atoms with van der Waals surface area (Å²) in [5.74, 6) is -0.107. The smallest absolute Gasteiger partial charge is 0.270 e. The van der Waals surface area contributed by atoms with Gasteiger partial charge >= 0.3 is 0 Å². The molecule has 23 heavy (non-hydrogen) atoms. The number of amides is 1. The number of nitrogens with zero attached hydrogens (tertiary/aromatic N) is 3.